The standard InChI is InChI=1S/C19H20N4O2/c1-24-17-11-15(16-4-3-5-19(20)23-16)18(25-2)10-13(17)12-22-14-6-8-21-9-7-14/h3-11H,12H2,1-2H3,(H2,20,23)(H,21,22). The third kappa shape index (κ3) is 3.80. The zero-order valence-electron chi connectivity index (χ0n) is 14.2. The highest BCUT2D eigenvalue weighted by Crippen LogP contribution is 2.35. The van der Waals surface area contributed by atoms with Gasteiger partial charge in [-0.2, -0.15) is 0 Å². The first kappa shape index (κ1) is 16.6. The van der Waals surface area contributed by atoms with Crippen molar-refractivity contribution in [2.75, 3.05) is 25.3 Å². The van der Waals surface area contributed by atoms with Crippen LogP contribution in [0.2, 0.25) is 0 Å². The molecule has 0 atom stereocenters. The number of pyridine rings is 2. The van der Waals surface area contributed by atoms with E-state index in [0.717, 1.165) is 28.3 Å². The molecule has 1 aromatic carbocycles. The molecule has 0 saturated heterocycles. The van der Waals surface area contributed by atoms with Crippen molar-refractivity contribution in [1.29, 1.82) is 0 Å². The lowest BCUT2D eigenvalue weighted by Gasteiger charge is -2.16. The van der Waals surface area contributed by atoms with Crippen LogP contribution in [0.3, 0.4) is 0 Å². The second-order valence-electron chi connectivity index (χ2n) is 5.40. The van der Waals surface area contributed by atoms with E-state index in [0.29, 0.717) is 18.1 Å². The topological polar surface area (TPSA) is 82.3 Å². The molecule has 0 aliphatic heterocycles. The predicted molar refractivity (Wildman–Crippen MR) is 98.8 cm³/mol. The first-order chi connectivity index (χ1) is 12.2. The molecule has 0 unspecified atom stereocenters. The minimum Gasteiger partial charge on any atom is -0.496 e. The molecule has 3 N–H and O–H groups in total. The van der Waals surface area contributed by atoms with Crippen molar-refractivity contribution < 1.29 is 9.47 Å². The number of rotatable bonds is 6. The van der Waals surface area contributed by atoms with E-state index in [9.17, 15) is 0 Å². The molecule has 6 nitrogen and oxygen atoms in total. The van der Waals surface area contributed by atoms with Crippen LogP contribution in [0.15, 0.2) is 54.9 Å². The molecule has 0 saturated carbocycles. The Labute approximate surface area is 146 Å². The maximum absolute atomic E-state index is 5.80. The van der Waals surface area contributed by atoms with Crippen molar-refractivity contribution in [3.05, 3.63) is 60.4 Å². The highest BCUT2D eigenvalue weighted by atomic mass is 16.5. The Balaban J connectivity index is 1.94. The van der Waals surface area contributed by atoms with Gasteiger partial charge in [-0.15, -0.1) is 0 Å². The molecule has 2 aromatic heterocycles. The molecule has 0 amide bonds. The Morgan fingerprint density at radius 3 is 2.44 bits per heavy atom. The number of hydrogen-bond acceptors (Lipinski definition) is 6. The predicted octanol–water partition coefficient (Wildman–Crippen LogP) is 3.36. The molecule has 3 aromatic rings. The van der Waals surface area contributed by atoms with Crippen LogP contribution < -0.4 is 20.5 Å². The summed E-state index contributed by atoms with van der Waals surface area (Å²) in [5.74, 6) is 1.92. The van der Waals surface area contributed by atoms with E-state index < -0.39 is 0 Å². The zero-order valence-corrected chi connectivity index (χ0v) is 14.2. The summed E-state index contributed by atoms with van der Waals surface area (Å²) < 4.78 is 11.1. The van der Waals surface area contributed by atoms with Gasteiger partial charge in [0.05, 0.1) is 19.9 Å². The number of aromatic nitrogens is 2. The van der Waals surface area contributed by atoms with Crippen molar-refractivity contribution in [3.8, 4) is 22.8 Å². The summed E-state index contributed by atoms with van der Waals surface area (Å²) >= 11 is 0. The van der Waals surface area contributed by atoms with E-state index in [1.807, 2.05) is 36.4 Å². The van der Waals surface area contributed by atoms with E-state index in [-0.39, 0.29) is 0 Å². The molecule has 3 rings (SSSR count). The zero-order chi connectivity index (χ0) is 17.6. The Kier molecular flexibility index (Phi) is 4.99. The first-order valence-corrected chi connectivity index (χ1v) is 7.83. The molecular weight excluding hydrogens is 316 g/mol. The van der Waals surface area contributed by atoms with Crippen molar-refractivity contribution in [3.63, 3.8) is 0 Å². The summed E-state index contributed by atoms with van der Waals surface area (Å²) in [5.41, 5.74) is 9.33. The molecule has 0 radical (unpaired) electrons. The number of nitrogens with one attached hydrogen (secondary N) is 1. The van der Waals surface area contributed by atoms with Gasteiger partial charge in [0, 0.05) is 35.8 Å². The van der Waals surface area contributed by atoms with E-state index in [4.69, 9.17) is 15.2 Å². The number of nitrogens with two attached hydrogens (primary N) is 1. The van der Waals surface area contributed by atoms with Crippen LogP contribution >= 0.6 is 0 Å². The molecule has 6 heteroatoms. The molecular formula is C19H20N4O2. The fraction of sp³-hybridized carbons (Fsp3) is 0.158. The molecule has 2 heterocycles. The van der Waals surface area contributed by atoms with Crippen LogP contribution in [0.5, 0.6) is 11.5 Å². The van der Waals surface area contributed by atoms with Crippen molar-refractivity contribution >= 4 is 11.5 Å². The van der Waals surface area contributed by atoms with Crippen molar-refractivity contribution in [1.82, 2.24) is 9.97 Å². The van der Waals surface area contributed by atoms with Gasteiger partial charge >= 0.3 is 0 Å². The van der Waals surface area contributed by atoms with E-state index in [2.05, 4.69) is 15.3 Å². The fourth-order valence-electron chi connectivity index (χ4n) is 2.57. The molecule has 25 heavy (non-hydrogen) atoms. The van der Waals surface area contributed by atoms with Crippen LogP contribution in [0.1, 0.15) is 5.56 Å². The van der Waals surface area contributed by atoms with E-state index in [1.165, 1.54) is 0 Å². The Morgan fingerprint density at radius 2 is 1.76 bits per heavy atom. The van der Waals surface area contributed by atoms with Crippen LogP contribution in [0.25, 0.3) is 11.3 Å². The van der Waals surface area contributed by atoms with Gasteiger partial charge < -0.3 is 20.5 Å². The third-order valence-electron chi connectivity index (χ3n) is 3.81. The number of nitrogen functional groups attached to an aromatic ring is 1. The van der Waals surface area contributed by atoms with E-state index in [1.54, 1.807) is 32.7 Å². The smallest absolute Gasteiger partial charge is 0.128 e. The van der Waals surface area contributed by atoms with Crippen molar-refractivity contribution in [2.45, 2.75) is 6.54 Å². The highest BCUT2D eigenvalue weighted by Gasteiger charge is 2.14. The Morgan fingerprint density at radius 1 is 1.00 bits per heavy atom. The average molecular weight is 336 g/mol. The van der Waals surface area contributed by atoms with Crippen molar-refractivity contribution in [2.24, 2.45) is 0 Å². The first-order valence-electron chi connectivity index (χ1n) is 7.83. The summed E-state index contributed by atoms with van der Waals surface area (Å²) in [6, 6.07) is 13.2. The van der Waals surface area contributed by atoms with Gasteiger partial charge in [0.25, 0.3) is 0 Å². The molecule has 0 fully saturated rings. The minimum absolute atomic E-state index is 0.460. The number of hydrogen-bond donors (Lipinski definition) is 2. The lowest BCUT2D eigenvalue weighted by Crippen LogP contribution is -2.03. The van der Waals surface area contributed by atoms with Crippen LogP contribution in [0, 0.1) is 0 Å². The second-order valence-corrected chi connectivity index (χ2v) is 5.40. The maximum Gasteiger partial charge on any atom is 0.128 e. The van der Waals surface area contributed by atoms with Gasteiger partial charge in [0.1, 0.15) is 17.3 Å². The molecule has 0 aliphatic carbocycles. The SMILES string of the molecule is COc1cc(-c2cccc(N)n2)c(OC)cc1CNc1ccncc1. The van der Waals surface area contributed by atoms with Gasteiger partial charge in [0.2, 0.25) is 0 Å². The quantitative estimate of drug-likeness (QED) is 0.718. The third-order valence-corrected chi connectivity index (χ3v) is 3.81. The van der Waals surface area contributed by atoms with E-state index >= 15 is 0 Å². The second kappa shape index (κ2) is 7.53. The normalized spacial score (nSPS) is 10.3. The maximum atomic E-state index is 5.80. The minimum atomic E-state index is 0.460. The highest BCUT2D eigenvalue weighted by molar-refractivity contribution is 5.71. The molecule has 0 bridgehead atoms. The summed E-state index contributed by atoms with van der Waals surface area (Å²) in [4.78, 5) is 8.38. The number of methoxy groups -OCH3 is 2. The summed E-state index contributed by atoms with van der Waals surface area (Å²) in [6.45, 7) is 0.591. The number of nitrogens with zero attached hydrogens (tertiary/aromatic N) is 2. The van der Waals surface area contributed by atoms with Crippen LogP contribution in [-0.4, -0.2) is 24.2 Å². The number of anilines is 2. The Bertz CT molecular complexity index is 853. The van der Waals surface area contributed by atoms with Gasteiger partial charge in [-0.1, -0.05) is 6.07 Å². The lowest BCUT2D eigenvalue weighted by atomic mass is 10.0. The number of benzene rings is 1. The average Bonchev–Trinajstić information content (AvgIpc) is 2.66. The van der Waals surface area contributed by atoms with Crippen LogP contribution in [0.4, 0.5) is 11.5 Å². The Hall–Kier alpha value is -3.28. The van der Waals surface area contributed by atoms with Gasteiger partial charge in [-0.25, -0.2) is 4.98 Å². The fourth-order valence-corrected chi connectivity index (χ4v) is 2.57. The summed E-state index contributed by atoms with van der Waals surface area (Å²) in [6.07, 6.45) is 3.49. The van der Waals surface area contributed by atoms with Gasteiger partial charge in [-0.05, 0) is 36.4 Å². The monoisotopic (exact) mass is 336 g/mol. The summed E-state index contributed by atoms with van der Waals surface area (Å²) in [5, 5.41) is 3.34. The molecule has 0 spiro atoms. The van der Waals surface area contributed by atoms with Crippen LogP contribution in [-0.2, 0) is 6.54 Å². The molecule has 128 valence electrons. The lowest BCUT2D eigenvalue weighted by molar-refractivity contribution is 0.400. The van der Waals surface area contributed by atoms with Gasteiger partial charge in [0.15, 0.2) is 0 Å². The summed E-state index contributed by atoms with van der Waals surface area (Å²) in [7, 11) is 3.28. The van der Waals surface area contributed by atoms with Gasteiger partial charge in [-0.3, -0.25) is 4.98 Å². The number of ether oxygens (including phenoxy) is 2. The molecule has 0 aliphatic rings. The largest absolute Gasteiger partial charge is 0.496 e.